The fraction of sp³-hybridized carbons (Fsp3) is 0.650. The van der Waals surface area contributed by atoms with Crippen LogP contribution in [0.1, 0.15) is 45.1 Å². The Morgan fingerprint density at radius 1 is 1.12 bits per heavy atom. The number of benzene rings is 1. The highest BCUT2D eigenvalue weighted by Crippen LogP contribution is 2.33. The maximum Gasteiger partial charge on any atom is 0.230 e. The summed E-state index contributed by atoms with van der Waals surface area (Å²) in [6, 6.07) is 5.65. The molecule has 140 valence electrons. The zero-order chi connectivity index (χ0) is 18.3. The second-order valence-electron chi connectivity index (χ2n) is 7.21. The molecule has 5 heteroatoms. The SMILES string of the molecule is COc1ccc(C(C)(C)C(=O)NCCCCN2CCCC2)cc1OC. The van der Waals surface area contributed by atoms with Gasteiger partial charge in [0, 0.05) is 6.54 Å². The molecule has 1 aliphatic rings. The van der Waals surface area contributed by atoms with Crippen LogP contribution >= 0.6 is 0 Å². The van der Waals surface area contributed by atoms with Crippen molar-refractivity contribution in [2.75, 3.05) is 40.4 Å². The number of hydrogen-bond donors (Lipinski definition) is 1. The molecule has 1 amide bonds. The molecule has 0 unspecified atom stereocenters. The number of rotatable bonds is 9. The van der Waals surface area contributed by atoms with Crippen LogP contribution in [-0.2, 0) is 10.2 Å². The molecule has 1 saturated heterocycles. The first-order chi connectivity index (χ1) is 12.0. The Kier molecular flexibility index (Phi) is 7.12. The molecule has 1 aromatic rings. The molecule has 0 saturated carbocycles. The van der Waals surface area contributed by atoms with Gasteiger partial charge in [0.2, 0.25) is 5.91 Å². The van der Waals surface area contributed by atoms with Gasteiger partial charge in [-0.3, -0.25) is 4.79 Å². The molecule has 25 heavy (non-hydrogen) atoms. The van der Waals surface area contributed by atoms with Gasteiger partial charge in [-0.25, -0.2) is 0 Å². The summed E-state index contributed by atoms with van der Waals surface area (Å²) in [4.78, 5) is 15.2. The van der Waals surface area contributed by atoms with Crippen LogP contribution in [0.3, 0.4) is 0 Å². The van der Waals surface area contributed by atoms with Gasteiger partial charge < -0.3 is 19.7 Å². The van der Waals surface area contributed by atoms with Crippen LogP contribution in [0.4, 0.5) is 0 Å². The van der Waals surface area contributed by atoms with Gasteiger partial charge in [0.15, 0.2) is 11.5 Å². The smallest absolute Gasteiger partial charge is 0.230 e. The average Bonchev–Trinajstić information content (AvgIpc) is 3.13. The molecule has 0 aliphatic carbocycles. The van der Waals surface area contributed by atoms with E-state index in [-0.39, 0.29) is 5.91 Å². The highest BCUT2D eigenvalue weighted by Gasteiger charge is 2.30. The van der Waals surface area contributed by atoms with E-state index in [1.165, 1.54) is 25.9 Å². The fourth-order valence-electron chi connectivity index (χ4n) is 3.25. The number of likely N-dealkylation sites (tertiary alicyclic amines) is 1. The average molecular weight is 348 g/mol. The van der Waals surface area contributed by atoms with E-state index in [4.69, 9.17) is 9.47 Å². The third kappa shape index (κ3) is 5.11. The van der Waals surface area contributed by atoms with E-state index in [1.807, 2.05) is 32.0 Å². The van der Waals surface area contributed by atoms with Crippen molar-refractivity contribution in [1.82, 2.24) is 10.2 Å². The summed E-state index contributed by atoms with van der Waals surface area (Å²) in [5.74, 6) is 1.36. The number of methoxy groups -OCH3 is 2. The Morgan fingerprint density at radius 2 is 1.80 bits per heavy atom. The lowest BCUT2D eigenvalue weighted by molar-refractivity contribution is -0.125. The molecule has 1 aromatic carbocycles. The van der Waals surface area contributed by atoms with Crippen LogP contribution < -0.4 is 14.8 Å². The van der Waals surface area contributed by atoms with E-state index >= 15 is 0 Å². The molecule has 0 spiro atoms. The largest absolute Gasteiger partial charge is 0.493 e. The van der Waals surface area contributed by atoms with Crippen LogP contribution in [0.15, 0.2) is 18.2 Å². The van der Waals surface area contributed by atoms with Crippen molar-refractivity contribution < 1.29 is 14.3 Å². The second-order valence-corrected chi connectivity index (χ2v) is 7.21. The first kappa shape index (κ1) is 19.6. The number of nitrogens with zero attached hydrogens (tertiary/aromatic N) is 1. The third-order valence-electron chi connectivity index (χ3n) is 5.06. The monoisotopic (exact) mass is 348 g/mol. The molecule has 0 bridgehead atoms. The van der Waals surface area contributed by atoms with Crippen molar-refractivity contribution in [2.45, 2.75) is 44.9 Å². The molecule has 5 nitrogen and oxygen atoms in total. The maximum atomic E-state index is 12.6. The fourth-order valence-corrected chi connectivity index (χ4v) is 3.25. The zero-order valence-electron chi connectivity index (χ0n) is 16.1. The molecule has 1 aliphatic heterocycles. The van der Waals surface area contributed by atoms with Gasteiger partial charge in [0.1, 0.15) is 0 Å². The minimum Gasteiger partial charge on any atom is -0.493 e. The van der Waals surface area contributed by atoms with Crippen LogP contribution in [0.2, 0.25) is 0 Å². The van der Waals surface area contributed by atoms with Crippen molar-refractivity contribution in [3.05, 3.63) is 23.8 Å². The van der Waals surface area contributed by atoms with Gasteiger partial charge in [-0.2, -0.15) is 0 Å². The minimum absolute atomic E-state index is 0.0425. The third-order valence-corrected chi connectivity index (χ3v) is 5.06. The summed E-state index contributed by atoms with van der Waals surface area (Å²) in [7, 11) is 3.21. The molecule has 0 radical (unpaired) electrons. The summed E-state index contributed by atoms with van der Waals surface area (Å²) < 4.78 is 10.6. The summed E-state index contributed by atoms with van der Waals surface area (Å²) in [5.41, 5.74) is 0.300. The number of amides is 1. The Bertz CT molecular complexity index is 566. The van der Waals surface area contributed by atoms with E-state index in [2.05, 4.69) is 10.2 Å². The van der Waals surface area contributed by atoms with E-state index < -0.39 is 5.41 Å². The summed E-state index contributed by atoms with van der Waals surface area (Å²) in [6.07, 6.45) is 4.81. The molecule has 2 rings (SSSR count). The number of carbonyl (C=O) groups is 1. The van der Waals surface area contributed by atoms with E-state index in [1.54, 1.807) is 14.2 Å². The normalized spacial score (nSPS) is 15.2. The van der Waals surface area contributed by atoms with Crippen LogP contribution in [0, 0.1) is 0 Å². The highest BCUT2D eigenvalue weighted by molar-refractivity contribution is 5.87. The molecule has 1 heterocycles. The first-order valence-electron chi connectivity index (χ1n) is 9.22. The van der Waals surface area contributed by atoms with E-state index in [0.29, 0.717) is 11.5 Å². The predicted octanol–water partition coefficient (Wildman–Crippen LogP) is 2.97. The number of nitrogens with one attached hydrogen (secondary N) is 1. The van der Waals surface area contributed by atoms with Gasteiger partial charge in [-0.1, -0.05) is 6.07 Å². The Hall–Kier alpha value is -1.75. The topological polar surface area (TPSA) is 50.8 Å². The standard InChI is InChI=1S/C20H32N2O3/c1-20(2,16-9-10-17(24-3)18(15-16)25-4)19(23)21-11-5-6-12-22-13-7-8-14-22/h9-10,15H,5-8,11-14H2,1-4H3,(H,21,23). The molecule has 0 atom stereocenters. The highest BCUT2D eigenvalue weighted by atomic mass is 16.5. The van der Waals surface area contributed by atoms with E-state index in [9.17, 15) is 4.79 Å². The second kappa shape index (κ2) is 9.09. The van der Waals surface area contributed by atoms with Crippen LogP contribution in [-0.4, -0.2) is 51.2 Å². The van der Waals surface area contributed by atoms with Crippen molar-refractivity contribution in [3.8, 4) is 11.5 Å². The van der Waals surface area contributed by atoms with Gasteiger partial charge in [-0.05, 0) is 76.9 Å². The van der Waals surface area contributed by atoms with Crippen molar-refractivity contribution in [2.24, 2.45) is 0 Å². The molecule has 1 fully saturated rings. The number of hydrogen-bond acceptors (Lipinski definition) is 4. The number of carbonyl (C=O) groups excluding carboxylic acids is 1. The summed E-state index contributed by atoms with van der Waals surface area (Å²) in [5, 5.41) is 3.08. The molecule has 0 aromatic heterocycles. The Balaban J connectivity index is 1.84. The van der Waals surface area contributed by atoms with Crippen LogP contribution in [0.25, 0.3) is 0 Å². The van der Waals surface area contributed by atoms with Gasteiger partial charge in [0.05, 0.1) is 19.6 Å². The van der Waals surface area contributed by atoms with Gasteiger partial charge in [-0.15, -0.1) is 0 Å². The molecular weight excluding hydrogens is 316 g/mol. The minimum atomic E-state index is -0.617. The van der Waals surface area contributed by atoms with Crippen LogP contribution in [0.5, 0.6) is 11.5 Å². The van der Waals surface area contributed by atoms with Crippen molar-refractivity contribution >= 4 is 5.91 Å². The lowest BCUT2D eigenvalue weighted by atomic mass is 9.83. The van der Waals surface area contributed by atoms with Gasteiger partial charge in [0.25, 0.3) is 0 Å². The molecule has 1 N–H and O–H groups in total. The number of unbranched alkanes of at least 4 members (excludes halogenated alkanes) is 1. The maximum absolute atomic E-state index is 12.6. The molecular formula is C20H32N2O3. The quantitative estimate of drug-likeness (QED) is 0.697. The lowest BCUT2D eigenvalue weighted by Gasteiger charge is -2.25. The number of ether oxygens (including phenoxy) is 2. The Morgan fingerprint density at radius 3 is 2.44 bits per heavy atom. The van der Waals surface area contributed by atoms with Crippen molar-refractivity contribution in [1.29, 1.82) is 0 Å². The van der Waals surface area contributed by atoms with Crippen molar-refractivity contribution in [3.63, 3.8) is 0 Å². The van der Waals surface area contributed by atoms with E-state index in [0.717, 1.165) is 31.5 Å². The first-order valence-corrected chi connectivity index (χ1v) is 9.22. The summed E-state index contributed by atoms with van der Waals surface area (Å²) >= 11 is 0. The Labute approximate surface area is 151 Å². The van der Waals surface area contributed by atoms with Gasteiger partial charge >= 0.3 is 0 Å². The lowest BCUT2D eigenvalue weighted by Crippen LogP contribution is -2.40. The summed E-state index contributed by atoms with van der Waals surface area (Å²) in [6.45, 7) is 8.22. The zero-order valence-corrected chi connectivity index (χ0v) is 16.1. The predicted molar refractivity (Wildman–Crippen MR) is 100 cm³/mol.